The summed E-state index contributed by atoms with van der Waals surface area (Å²) < 4.78 is 0. The van der Waals surface area contributed by atoms with Crippen molar-refractivity contribution in [3.63, 3.8) is 0 Å². The van der Waals surface area contributed by atoms with Gasteiger partial charge in [-0.3, -0.25) is 9.63 Å². The lowest BCUT2D eigenvalue weighted by Gasteiger charge is -2.54. The van der Waals surface area contributed by atoms with Gasteiger partial charge in [0.15, 0.2) is 0 Å². The van der Waals surface area contributed by atoms with E-state index in [0.717, 1.165) is 11.8 Å². The molecule has 0 radical (unpaired) electrons. The minimum atomic E-state index is 0.219. The fourth-order valence-electron chi connectivity index (χ4n) is 4.63. The zero-order valence-corrected chi connectivity index (χ0v) is 10.2. The Hall–Kier alpha value is -0.570. The minimum absolute atomic E-state index is 0.219. The highest BCUT2D eigenvalue weighted by Crippen LogP contribution is 2.56. The first-order valence-electron chi connectivity index (χ1n) is 6.50. The van der Waals surface area contributed by atoms with E-state index in [1.807, 2.05) is 0 Å². The summed E-state index contributed by atoms with van der Waals surface area (Å²) in [5, 5.41) is 1.44. The standard InChI is InChI=1S/C13H21NO2/c1-14(16-2)13(15)12-10-4-8-3-9(6-10)7-11(12)5-8/h8-12H,3-7H2,1-2H3. The van der Waals surface area contributed by atoms with Gasteiger partial charge in [-0.1, -0.05) is 0 Å². The SMILES string of the molecule is CON(C)C(=O)C1C2CC3CC(C2)CC1C3. The number of carbonyl (C=O) groups is 1. The van der Waals surface area contributed by atoms with Gasteiger partial charge in [0.1, 0.15) is 0 Å². The molecule has 0 aliphatic heterocycles. The van der Waals surface area contributed by atoms with Crippen LogP contribution in [-0.4, -0.2) is 25.1 Å². The Kier molecular flexibility index (Phi) is 2.46. The van der Waals surface area contributed by atoms with E-state index < -0.39 is 0 Å². The first-order chi connectivity index (χ1) is 7.69. The topological polar surface area (TPSA) is 29.5 Å². The smallest absolute Gasteiger partial charge is 0.249 e. The molecule has 0 unspecified atom stereocenters. The van der Waals surface area contributed by atoms with E-state index >= 15 is 0 Å². The van der Waals surface area contributed by atoms with Gasteiger partial charge in [0.25, 0.3) is 0 Å². The first kappa shape index (κ1) is 10.6. The Bertz CT molecular complexity index is 274. The maximum absolute atomic E-state index is 12.3. The van der Waals surface area contributed by atoms with Crippen LogP contribution in [0, 0.1) is 29.6 Å². The van der Waals surface area contributed by atoms with Crippen molar-refractivity contribution in [3.8, 4) is 0 Å². The largest absolute Gasteiger partial charge is 0.275 e. The third kappa shape index (κ3) is 1.48. The molecule has 1 amide bonds. The molecule has 4 bridgehead atoms. The van der Waals surface area contributed by atoms with Gasteiger partial charge < -0.3 is 0 Å². The molecule has 0 N–H and O–H groups in total. The van der Waals surface area contributed by atoms with Gasteiger partial charge in [0, 0.05) is 13.0 Å². The molecule has 0 spiro atoms. The highest BCUT2D eigenvalue weighted by Gasteiger charge is 2.51. The van der Waals surface area contributed by atoms with Crippen molar-refractivity contribution in [3.05, 3.63) is 0 Å². The molecular formula is C13H21NO2. The maximum Gasteiger partial charge on any atom is 0.249 e. The molecular weight excluding hydrogens is 202 g/mol. The summed E-state index contributed by atoms with van der Waals surface area (Å²) in [6, 6.07) is 0. The molecule has 4 aliphatic carbocycles. The number of hydroxylamine groups is 2. The van der Waals surface area contributed by atoms with E-state index in [9.17, 15) is 4.79 Å². The van der Waals surface area contributed by atoms with E-state index in [4.69, 9.17) is 4.84 Å². The molecule has 0 aromatic heterocycles. The second-order valence-electron chi connectivity index (χ2n) is 5.97. The van der Waals surface area contributed by atoms with Crippen LogP contribution >= 0.6 is 0 Å². The first-order valence-corrected chi connectivity index (χ1v) is 6.50. The normalized spacial score (nSPS) is 44.8. The van der Waals surface area contributed by atoms with Gasteiger partial charge in [-0.05, 0) is 55.8 Å². The summed E-state index contributed by atoms with van der Waals surface area (Å²) in [7, 11) is 3.32. The summed E-state index contributed by atoms with van der Waals surface area (Å²) >= 11 is 0. The van der Waals surface area contributed by atoms with E-state index in [1.54, 1.807) is 14.2 Å². The van der Waals surface area contributed by atoms with Crippen LogP contribution in [0.5, 0.6) is 0 Å². The van der Waals surface area contributed by atoms with Crippen molar-refractivity contribution >= 4 is 5.91 Å². The molecule has 0 aromatic carbocycles. The van der Waals surface area contributed by atoms with Crippen LogP contribution in [0.4, 0.5) is 0 Å². The van der Waals surface area contributed by atoms with Crippen molar-refractivity contribution < 1.29 is 9.63 Å². The molecule has 4 saturated carbocycles. The third-order valence-corrected chi connectivity index (χ3v) is 5.10. The molecule has 4 fully saturated rings. The highest BCUT2D eigenvalue weighted by molar-refractivity contribution is 5.78. The van der Waals surface area contributed by atoms with Gasteiger partial charge in [0.2, 0.25) is 5.91 Å². The number of rotatable bonds is 2. The maximum atomic E-state index is 12.3. The van der Waals surface area contributed by atoms with Crippen LogP contribution in [0.15, 0.2) is 0 Å². The van der Waals surface area contributed by atoms with Gasteiger partial charge in [-0.15, -0.1) is 0 Å². The summed E-state index contributed by atoms with van der Waals surface area (Å²) in [5.74, 6) is 3.65. The minimum Gasteiger partial charge on any atom is -0.275 e. The van der Waals surface area contributed by atoms with Crippen molar-refractivity contribution in [2.75, 3.05) is 14.2 Å². The van der Waals surface area contributed by atoms with Crippen LogP contribution in [0.3, 0.4) is 0 Å². The summed E-state index contributed by atoms with van der Waals surface area (Å²) in [6.45, 7) is 0. The fraction of sp³-hybridized carbons (Fsp3) is 0.923. The lowest BCUT2D eigenvalue weighted by Crippen LogP contribution is -2.51. The highest BCUT2D eigenvalue weighted by atomic mass is 16.7. The average Bonchev–Trinajstić information content (AvgIpc) is 2.26. The van der Waals surface area contributed by atoms with E-state index in [2.05, 4.69) is 0 Å². The zero-order chi connectivity index (χ0) is 11.3. The molecule has 3 nitrogen and oxygen atoms in total. The lowest BCUT2D eigenvalue weighted by atomic mass is 9.51. The lowest BCUT2D eigenvalue weighted by molar-refractivity contribution is -0.185. The quantitative estimate of drug-likeness (QED) is 0.671. The van der Waals surface area contributed by atoms with Crippen LogP contribution in [0.2, 0.25) is 0 Å². The van der Waals surface area contributed by atoms with Crippen LogP contribution in [0.25, 0.3) is 0 Å². The zero-order valence-electron chi connectivity index (χ0n) is 10.2. The van der Waals surface area contributed by atoms with E-state index in [1.165, 1.54) is 37.2 Å². The fourth-order valence-corrected chi connectivity index (χ4v) is 4.63. The second kappa shape index (κ2) is 3.73. The van der Waals surface area contributed by atoms with Crippen molar-refractivity contribution in [2.24, 2.45) is 29.6 Å². The molecule has 0 heterocycles. The molecule has 3 heteroatoms. The number of carbonyl (C=O) groups excluding carboxylic acids is 1. The van der Waals surface area contributed by atoms with Gasteiger partial charge in [-0.25, -0.2) is 5.06 Å². The Morgan fingerprint density at radius 2 is 1.56 bits per heavy atom. The monoisotopic (exact) mass is 223 g/mol. The predicted molar refractivity (Wildman–Crippen MR) is 60.3 cm³/mol. The van der Waals surface area contributed by atoms with Crippen LogP contribution in [0.1, 0.15) is 32.1 Å². The van der Waals surface area contributed by atoms with Crippen LogP contribution in [-0.2, 0) is 9.63 Å². The van der Waals surface area contributed by atoms with Crippen molar-refractivity contribution in [1.82, 2.24) is 5.06 Å². The molecule has 0 atom stereocenters. The van der Waals surface area contributed by atoms with Crippen molar-refractivity contribution in [2.45, 2.75) is 32.1 Å². The molecule has 4 aliphatic rings. The molecule has 0 aromatic rings. The Balaban J connectivity index is 1.79. The Morgan fingerprint density at radius 1 is 1.06 bits per heavy atom. The second-order valence-corrected chi connectivity index (χ2v) is 5.97. The summed E-state index contributed by atoms with van der Waals surface area (Å²) in [6.07, 6.45) is 6.61. The van der Waals surface area contributed by atoms with Crippen molar-refractivity contribution in [1.29, 1.82) is 0 Å². The molecule has 90 valence electrons. The van der Waals surface area contributed by atoms with Gasteiger partial charge in [-0.2, -0.15) is 0 Å². The Labute approximate surface area is 97.1 Å². The number of nitrogens with zero attached hydrogens (tertiary/aromatic N) is 1. The van der Waals surface area contributed by atoms with Crippen LogP contribution < -0.4 is 0 Å². The average molecular weight is 223 g/mol. The van der Waals surface area contributed by atoms with Gasteiger partial charge >= 0.3 is 0 Å². The number of hydrogen-bond acceptors (Lipinski definition) is 2. The van der Waals surface area contributed by atoms with E-state index in [0.29, 0.717) is 11.8 Å². The molecule has 0 saturated heterocycles. The summed E-state index contributed by atoms with van der Waals surface area (Å²) in [5.41, 5.74) is 0. The van der Waals surface area contributed by atoms with E-state index in [-0.39, 0.29) is 11.8 Å². The third-order valence-electron chi connectivity index (χ3n) is 5.10. The summed E-state index contributed by atoms with van der Waals surface area (Å²) in [4.78, 5) is 17.3. The Morgan fingerprint density at radius 3 is 2.00 bits per heavy atom. The molecule has 16 heavy (non-hydrogen) atoms. The number of hydrogen-bond donors (Lipinski definition) is 0. The predicted octanol–water partition coefficient (Wildman–Crippen LogP) is 2.08. The molecule has 4 rings (SSSR count). The number of amides is 1. The van der Waals surface area contributed by atoms with Gasteiger partial charge in [0.05, 0.1) is 7.11 Å².